The molecule has 1 aliphatic heterocycles. The molecule has 5 heteroatoms. The standard InChI is InChI=1S/C14H21NO3S/c1-11-4-5-13(8-12(11)9-16)19(17,18)15-7-6-14(2,3)10-15/h4-5,8,16H,6-7,9-10H2,1-3H3. The van der Waals surface area contributed by atoms with Crippen molar-refractivity contribution < 1.29 is 13.5 Å². The Kier molecular flexibility index (Phi) is 3.73. The third-order valence-corrected chi connectivity index (χ3v) is 5.61. The molecule has 0 unspecified atom stereocenters. The van der Waals surface area contributed by atoms with Crippen LogP contribution >= 0.6 is 0 Å². The van der Waals surface area contributed by atoms with E-state index in [0.29, 0.717) is 18.7 Å². The van der Waals surface area contributed by atoms with Crippen LogP contribution in [0.5, 0.6) is 0 Å². The quantitative estimate of drug-likeness (QED) is 0.922. The summed E-state index contributed by atoms with van der Waals surface area (Å²) in [4.78, 5) is 0.278. The molecule has 0 radical (unpaired) electrons. The van der Waals surface area contributed by atoms with Crippen LogP contribution in [-0.4, -0.2) is 30.9 Å². The van der Waals surface area contributed by atoms with Crippen molar-refractivity contribution in [1.82, 2.24) is 4.31 Å². The Hall–Kier alpha value is -0.910. The van der Waals surface area contributed by atoms with Gasteiger partial charge in [0.05, 0.1) is 11.5 Å². The molecule has 1 aliphatic rings. The van der Waals surface area contributed by atoms with Gasteiger partial charge in [0.15, 0.2) is 0 Å². The lowest BCUT2D eigenvalue weighted by atomic mass is 9.93. The highest BCUT2D eigenvalue weighted by molar-refractivity contribution is 7.89. The Labute approximate surface area is 115 Å². The van der Waals surface area contributed by atoms with Crippen LogP contribution in [0.15, 0.2) is 23.1 Å². The highest BCUT2D eigenvalue weighted by atomic mass is 32.2. The van der Waals surface area contributed by atoms with Gasteiger partial charge in [-0.2, -0.15) is 4.31 Å². The van der Waals surface area contributed by atoms with Crippen LogP contribution in [0.25, 0.3) is 0 Å². The summed E-state index contributed by atoms with van der Waals surface area (Å²) in [6, 6.07) is 4.95. The number of rotatable bonds is 3. The molecular weight excluding hydrogens is 262 g/mol. The van der Waals surface area contributed by atoms with E-state index in [0.717, 1.165) is 12.0 Å². The molecule has 0 saturated carbocycles. The van der Waals surface area contributed by atoms with E-state index in [2.05, 4.69) is 13.8 Å². The SMILES string of the molecule is Cc1ccc(S(=O)(=O)N2CCC(C)(C)C2)cc1CO. The number of aliphatic hydroxyl groups is 1. The predicted octanol–water partition coefficient (Wildman–Crippen LogP) is 1.91. The van der Waals surface area contributed by atoms with E-state index < -0.39 is 10.0 Å². The van der Waals surface area contributed by atoms with Gasteiger partial charge in [-0.15, -0.1) is 0 Å². The monoisotopic (exact) mass is 283 g/mol. The Morgan fingerprint density at radius 3 is 2.58 bits per heavy atom. The first-order chi connectivity index (χ1) is 8.76. The van der Waals surface area contributed by atoms with Crippen molar-refractivity contribution in [2.75, 3.05) is 13.1 Å². The summed E-state index contributed by atoms with van der Waals surface area (Å²) in [5, 5.41) is 9.25. The first-order valence-corrected chi connectivity index (χ1v) is 7.91. The number of aryl methyl sites for hydroxylation is 1. The maximum atomic E-state index is 12.5. The number of hydrogen-bond donors (Lipinski definition) is 1. The van der Waals surface area contributed by atoms with Crippen LogP contribution in [0, 0.1) is 12.3 Å². The highest BCUT2D eigenvalue weighted by Crippen LogP contribution is 2.33. The molecule has 1 heterocycles. The molecule has 0 atom stereocenters. The van der Waals surface area contributed by atoms with E-state index in [1.165, 1.54) is 0 Å². The minimum atomic E-state index is -3.44. The van der Waals surface area contributed by atoms with Gasteiger partial charge in [0.2, 0.25) is 10.0 Å². The normalized spacial score (nSPS) is 19.8. The lowest BCUT2D eigenvalue weighted by Gasteiger charge is -2.20. The van der Waals surface area contributed by atoms with Crippen molar-refractivity contribution in [3.63, 3.8) is 0 Å². The van der Waals surface area contributed by atoms with Gasteiger partial charge in [-0.3, -0.25) is 0 Å². The van der Waals surface area contributed by atoms with E-state index >= 15 is 0 Å². The zero-order valence-corrected chi connectivity index (χ0v) is 12.5. The van der Waals surface area contributed by atoms with Crippen LogP contribution < -0.4 is 0 Å². The summed E-state index contributed by atoms with van der Waals surface area (Å²) in [7, 11) is -3.44. The van der Waals surface area contributed by atoms with Crippen molar-refractivity contribution in [2.24, 2.45) is 5.41 Å². The minimum Gasteiger partial charge on any atom is -0.392 e. The lowest BCUT2D eigenvalue weighted by molar-refractivity contribution is 0.280. The molecule has 4 nitrogen and oxygen atoms in total. The van der Waals surface area contributed by atoms with Gasteiger partial charge in [0, 0.05) is 13.1 Å². The second kappa shape index (κ2) is 4.89. The van der Waals surface area contributed by atoms with Gasteiger partial charge < -0.3 is 5.11 Å². The van der Waals surface area contributed by atoms with E-state index in [-0.39, 0.29) is 16.9 Å². The van der Waals surface area contributed by atoms with Gasteiger partial charge in [0.25, 0.3) is 0 Å². The van der Waals surface area contributed by atoms with Crippen LogP contribution in [0.2, 0.25) is 0 Å². The summed E-state index contributed by atoms with van der Waals surface area (Å²) in [5.41, 5.74) is 1.61. The first kappa shape index (κ1) is 14.5. The number of benzene rings is 1. The fraction of sp³-hybridized carbons (Fsp3) is 0.571. The molecule has 1 N–H and O–H groups in total. The van der Waals surface area contributed by atoms with E-state index in [1.54, 1.807) is 22.5 Å². The first-order valence-electron chi connectivity index (χ1n) is 6.47. The number of nitrogens with zero attached hydrogens (tertiary/aromatic N) is 1. The lowest BCUT2D eigenvalue weighted by Crippen LogP contribution is -2.30. The number of hydrogen-bond acceptors (Lipinski definition) is 3. The zero-order chi connectivity index (χ0) is 14.3. The molecule has 0 amide bonds. The topological polar surface area (TPSA) is 57.6 Å². The van der Waals surface area contributed by atoms with Gasteiger partial charge in [-0.1, -0.05) is 19.9 Å². The van der Waals surface area contributed by atoms with Crippen LogP contribution in [0.4, 0.5) is 0 Å². The maximum absolute atomic E-state index is 12.5. The molecule has 19 heavy (non-hydrogen) atoms. The second-order valence-corrected chi connectivity index (χ2v) is 7.94. The predicted molar refractivity (Wildman–Crippen MR) is 74.3 cm³/mol. The van der Waals surface area contributed by atoms with Crippen molar-refractivity contribution in [1.29, 1.82) is 0 Å². The summed E-state index contributed by atoms with van der Waals surface area (Å²) < 4.78 is 26.6. The van der Waals surface area contributed by atoms with Crippen LogP contribution in [0.1, 0.15) is 31.4 Å². The molecular formula is C14H21NO3S. The third-order valence-electron chi connectivity index (χ3n) is 3.77. The Balaban J connectivity index is 2.35. The average molecular weight is 283 g/mol. The van der Waals surface area contributed by atoms with Crippen molar-refractivity contribution in [3.05, 3.63) is 29.3 Å². The molecule has 0 spiro atoms. The van der Waals surface area contributed by atoms with E-state index in [9.17, 15) is 13.5 Å². The highest BCUT2D eigenvalue weighted by Gasteiger charge is 2.36. The molecule has 0 bridgehead atoms. The Morgan fingerprint density at radius 1 is 1.37 bits per heavy atom. The second-order valence-electron chi connectivity index (χ2n) is 6.00. The Bertz CT molecular complexity index is 578. The smallest absolute Gasteiger partial charge is 0.243 e. The van der Waals surface area contributed by atoms with Crippen molar-refractivity contribution in [2.45, 2.75) is 38.7 Å². The third kappa shape index (κ3) is 2.83. The maximum Gasteiger partial charge on any atom is 0.243 e. The fourth-order valence-electron chi connectivity index (χ4n) is 2.40. The summed E-state index contributed by atoms with van der Waals surface area (Å²) in [5.74, 6) is 0. The number of sulfonamides is 1. The van der Waals surface area contributed by atoms with Crippen molar-refractivity contribution >= 4 is 10.0 Å². The largest absolute Gasteiger partial charge is 0.392 e. The molecule has 1 aromatic rings. The zero-order valence-electron chi connectivity index (χ0n) is 11.7. The molecule has 106 valence electrons. The molecule has 1 fully saturated rings. The van der Waals surface area contributed by atoms with Crippen molar-refractivity contribution in [3.8, 4) is 0 Å². The molecule has 0 aliphatic carbocycles. The van der Waals surface area contributed by atoms with E-state index in [1.807, 2.05) is 6.92 Å². The van der Waals surface area contributed by atoms with Gasteiger partial charge in [0.1, 0.15) is 0 Å². The van der Waals surface area contributed by atoms with Gasteiger partial charge >= 0.3 is 0 Å². The van der Waals surface area contributed by atoms with Crippen LogP contribution in [-0.2, 0) is 16.6 Å². The minimum absolute atomic E-state index is 0.0393. The number of aliphatic hydroxyl groups excluding tert-OH is 1. The molecule has 1 saturated heterocycles. The summed E-state index contributed by atoms with van der Waals surface area (Å²) in [6.07, 6.45) is 0.880. The average Bonchev–Trinajstić information content (AvgIpc) is 2.70. The van der Waals surface area contributed by atoms with Crippen LogP contribution in [0.3, 0.4) is 0 Å². The van der Waals surface area contributed by atoms with Gasteiger partial charge in [-0.25, -0.2) is 8.42 Å². The molecule has 1 aromatic carbocycles. The van der Waals surface area contributed by atoms with Gasteiger partial charge in [-0.05, 0) is 42.0 Å². The fourth-order valence-corrected chi connectivity index (χ4v) is 4.08. The van der Waals surface area contributed by atoms with E-state index in [4.69, 9.17) is 0 Å². The Morgan fingerprint density at radius 2 is 2.05 bits per heavy atom. The summed E-state index contributed by atoms with van der Waals surface area (Å²) in [6.45, 7) is 7.00. The summed E-state index contributed by atoms with van der Waals surface area (Å²) >= 11 is 0. The molecule has 2 rings (SSSR count). The molecule has 0 aromatic heterocycles.